The summed E-state index contributed by atoms with van der Waals surface area (Å²) < 4.78 is 60.9. The Balaban J connectivity index is 2.88. The van der Waals surface area contributed by atoms with Crippen molar-refractivity contribution in [3.63, 3.8) is 0 Å². The number of hydrogen-bond donors (Lipinski definition) is 2. The molecule has 0 fully saturated rings. The first-order valence-corrected chi connectivity index (χ1v) is 12.4. The normalized spacial score (nSPS) is 16.1. The number of nitrogens with two attached hydrogens (primary N) is 1. The molecule has 0 saturated carbocycles. The van der Waals surface area contributed by atoms with Gasteiger partial charge in [0, 0.05) is 45.1 Å². The number of halogens is 4. The first-order chi connectivity index (χ1) is 17.2. The van der Waals surface area contributed by atoms with Crippen LogP contribution in [0.15, 0.2) is 18.2 Å². The lowest BCUT2D eigenvalue weighted by molar-refractivity contribution is -0.256. The molecule has 1 rings (SSSR count). The predicted molar refractivity (Wildman–Crippen MR) is 135 cm³/mol. The van der Waals surface area contributed by atoms with Gasteiger partial charge in [-0.05, 0) is 49.3 Å². The number of carbonyl (C=O) groups excluding carboxylic acids is 1. The van der Waals surface area contributed by atoms with E-state index in [1.807, 2.05) is 32.0 Å². The maximum atomic E-state index is 13.3. The van der Waals surface area contributed by atoms with E-state index < -0.39 is 36.4 Å². The molecule has 0 radical (unpaired) electrons. The van der Waals surface area contributed by atoms with Crippen LogP contribution in [0.4, 0.5) is 13.2 Å². The van der Waals surface area contributed by atoms with Crippen LogP contribution in [0.2, 0.25) is 0 Å². The summed E-state index contributed by atoms with van der Waals surface area (Å²) in [6.07, 6.45) is -4.68. The molecule has 12 heteroatoms. The summed E-state index contributed by atoms with van der Waals surface area (Å²) in [5.41, 5.74) is 4.03. The minimum atomic E-state index is -4.99. The second-order valence-electron chi connectivity index (χ2n) is 9.44. The lowest BCUT2D eigenvalue weighted by Gasteiger charge is -2.33. The summed E-state index contributed by atoms with van der Waals surface area (Å²) in [4.78, 5) is 12.3. The molecule has 0 spiro atoms. The van der Waals surface area contributed by atoms with E-state index in [9.17, 15) is 23.1 Å². The summed E-state index contributed by atoms with van der Waals surface area (Å²) in [7, 11) is 3.94. The number of carbonyl (C=O) groups is 1. The van der Waals surface area contributed by atoms with E-state index in [2.05, 4.69) is 4.74 Å². The fraction of sp³-hybridized carbons (Fsp3) is 0.720. The van der Waals surface area contributed by atoms with Gasteiger partial charge < -0.3 is 29.8 Å². The van der Waals surface area contributed by atoms with Crippen LogP contribution in [-0.4, -0.2) is 80.4 Å². The third-order valence-corrected chi connectivity index (χ3v) is 6.70. The molecule has 214 valence electrons. The number of ether oxygens (including phenoxy) is 4. The first kappa shape index (κ1) is 33.2. The lowest BCUT2D eigenvalue weighted by Crippen LogP contribution is -2.57. The summed E-state index contributed by atoms with van der Waals surface area (Å²) in [5.74, 6) is -0.152. The van der Waals surface area contributed by atoms with Crippen molar-refractivity contribution >= 4 is 17.7 Å². The van der Waals surface area contributed by atoms with Gasteiger partial charge in [0.15, 0.2) is 11.5 Å². The lowest BCUT2D eigenvalue weighted by atomic mass is 9.83. The molecule has 37 heavy (non-hydrogen) atoms. The molecule has 0 bridgehead atoms. The maximum absolute atomic E-state index is 13.3. The summed E-state index contributed by atoms with van der Waals surface area (Å²) >= 11 is 5.83. The Kier molecular flexibility index (Phi) is 13.4. The number of aliphatic hydroxyl groups excluding tert-OH is 1. The van der Waals surface area contributed by atoms with Gasteiger partial charge in [0.1, 0.15) is 0 Å². The van der Waals surface area contributed by atoms with Crippen LogP contribution in [0.25, 0.3) is 0 Å². The van der Waals surface area contributed by atoms with E-state index in [1.165, 1.54) is 0 Å². The molecule has 0 aliphatic rings. The fourth-order valence-corrected chi connectivity index (χ4v) is 3.99. The standard InChI is InChI=1S/C25H40ClF3N2O6/c1-16(2)18(12-17-8-9-21(35-5)22(13-17)37-11-7-10-34-4)14-19(30)20(32)15-31(26)23(33)24(3,36-6)25(27,28)29/h8-9,13,16,18-20,32H,7,10-12,14-15,30H2,1-6H3/t18-,19-,20-,24+/m0/s1. The number of benzene rings is 1. The highest BCUT2D eigenvalue weighted by Crippen LogP contribution is 2.35. The second kappa shape index (κ2) is 15.0. The highest BCUT2D eigenvalue weighted by Gasteiger charge is 2.59. The van der Waals surface area contributed by atoms with E-state index in [0.29, 0.717) is 44.5 Å². The molecule has 3 N–H and O–H groups in total. The first-order valence-electron chi connectivity index (χ1n) is 12.0. The van der Waals surface area contributed by atoms with Crippen LogP contribution in [0.3, 0.4) is 0 Å². The van der Waals surface area contributed by atoms with Crippen molar-refractivity contribution in [2.45, 2.75) is 64.0 Å². The SMILES string of the molecule is COCCCOc1cc(C[C@@H](C[C@H](N)[C@@H](O)CN(Cl)C(=O)[C@@](C)(OC)C(F)(F)F)C(C)C)ccc1OC. The molecular weight excluding hydrogens is 517 g/mol. The van der Waals surface area contributed by atoms with Crippen molar-refractivity contribution in [1.29, 1.82) is 0 Å². The largest absolute Gasteiger partial charge is 0.493 e. The molecular formula is C25H40ClF3N2O6. The van der Waals surface area contributed by atoms with Crippen LogP contribution in [-0.2, 0) is 20.7 Å². The number of amides is 1. The van der Waals surface area contributed by atoms with E-state index in [-0.39, 0.29) is 16.3 Å². The number of methoxy groups -OCH3 is 3. The van der Waals surface area contributed by atoms with Crippen molar-refractivity contribution in [3.8, 4) is 11.5 Å². The Bertz CT molecular complexity index is 845. The van der Waals surface area contributed by atoms with Crippen LogP contribution in [0.5, 0.6) is 11.5 Å². The molecule has 0 saturated heterocycles. The average Bonchev–Trinajstić information content (AvgIpc) is 2.84. The van der Waals surface area contributed by atoms with Gasteiger partial charge in [-0.25, -0.2) is 4.42 Å². The van der Waals surface area contributed by atoms with Crippen LogP contribution >= 0.6 is 11.8 Å². The molecule has 0 aliphatic heterocycles. The van der Waals surface area contributed by atoms with Crippen LogP contribution < -0.4 is 15.2 Å². The van der Waals surface area contributed by atoms with Crippen molar-refractivity contribution in [3.05, 3.63) is 23.8 Å². The number of rotatable bonds is 16. The zero-order chi connectivity index (χ0) is 28.4. The third-order valence-electron chi connectivity index (χ3n) is 6.41. The van der Waals surface area contributed by atoms with E-state index in [4.69, 9.17) is 31.7 Å². The Morgan fingerprint density at radius 2 is 1.81 bits per heavy atom. The minimum Gasteiger partial charge on any atom is -0.493 e. The number of aliphatic hydroxyl groups is 1. The van der Waals surface area contributed by atoms with Gasteiger partial charge in [0.2, 0.25) is 5.60 Å². The zero-order valence-corrected chi connectivity index (χ0v) is 23.1. The second-order valence-corrected chi connectivity index (χ2v) is 9.85. The van der Waals surface area contributed by atoms with Gasteiger partial charge in [-0.2, -0.15) is 13.2 Å². The highest BCUT2D eigenvalue weighted by atomic mass is 35.5. The van der Waals surface area contributed by atoms with Gasteiger partial charge >= 0.3 is 6.18 Å². The Morgan fingerprint density at radius 3 is 2.32 bits per heavy atom. The fourth-order valence-electron chi connectivity index (χ4n) is 3.69. The number of alkyl halides is 3. The van der Waals surface area contributed by atoms with Crippen LogP contribution in [0.1, 0.15) is 39.2 Å². The van der Waals surface area contributed by atoms with Gasteiger partial charge in [-0.3, -0.25) is 4.79 Å². The molecule has 8 nitrogen and oxygen atoms in total. The Hall–Kier alpha value is -1.79. The van der Waals surface area contributed by atoms with Gasteiger partial charge in [0.25, 0.3) is 5.91 Å². The number of hydrogen-bond acceptors (Lipinski definition) is 7. The van der Waals surface area contributed by atoms with Gasteiger partial charge in [0.05, 0.1) is 26.4 Å². The van der Waals surface area contributed by atoms with Crippen molar-refractivity contribution in [2.24, 2.45) is 17.6 Å². The maximum Gasteiger partial charge on any atom is 0.426 e. The Morgan fingerprint density at radius 1 is 1.16 bits per heavy atom. The van der Waals surface area contributed by atoms with E-state index in [1.54, 1.807) is 14.2 Å². The average molecular weight is 557 g/mol. The number of nitrogens with zero attached hydrogens (tertiary/aromatic N) is 1. The predicted octanol–water partition coefficient (Wildman–Crippen LogP) is 3.95. The molecule has 4 atom stereocenters. The van der Waals surface area contributed by atoms with E-state index in [0.717, 1.165) is 19.1 Å². The van der Waals surface area contributed by atoms with Crippen molar-refractivity contribution in [1.82, 2.24) is 4.42 Å². The van der Waals surface area contributed by atoms with Crippen LogP contribution in [0, 0.1) is 11.8 Å². The molecule has 0 aliphatic carbocycles. The Labute approximate surface area is 222 Å². The summed E-state index contributed by atoms with van der Waals surface area (Å²) in [5, 5.41) is 10.6. The molecule has 1 aromatic rings. The van der Waals surface area contributed by atoms with Gasteiger partial charge in [-0.1, -0.05) is 19.9 Å². The summed E-state index contributed by atoms with van der Waals surface area (Å²) in [6.45, 7) is 5.05. The minimum absolute atomic E-state index is 0.0123. The summed E-state index contributed by atoms with van der Waals surface area (Å²) in [6, 6.07) is 4.78. The molecule has 1 amide bonds. The van der Waals surface area contributed by atoms with Gasteiger partial charge in [-0.15, -0.1) is 0 Å². The molecule has 0 unspecified atom stereocenters. The zero-order valence-electron chi connectivity index (χ0n) is 22.3. The molecule has 0 aromatic heterocycles. The smallest absolute Gasteiger partial charge is 0.426 e. The molecule has 0 heterocycles. The monoisotopic (exact) mass is 556 g/mol. The topological polar surface area (TPSA) is 103 Å². The van der Waals surface area contributed by atoms with E-state index >= 15 is 0 Å². The highest BCUT2D eigenvalue weighted by molar-refractivity contribution is 6.22. The third kappa shape index (κ3) is 9.47. The molecule has 1 aromatic carbocycles. The van der Waals surface area contributed by atoms with Crippen molar-refractivity contribution < 1.29 is 42.0 Å². The van der Waals surface area contributed by atoms with Crippen molar-refractivity contribution in [2.75, 3.05) is 41.1 Å². The quantitative estimate of drug-likeness (QED) is 0.235.